The Morgan fingerprint density at radius 1 is 1.38 bits per heavy atom. The van der Waals surface area contributed by atoms with Crippen molar-refractivity contribution in [2.75, 3.05) is 20.1 Å². The lowest BCUT2D eigenvalue weighted by Crippen LogP contribution is -2.44. The maximum Gasteiger partial charge on any atom is 0.257 e. The second-order valence-electron chi connectivity index (χ2n) is 5.73. The predicted octanol–water partition coefficient (Wildman–Crippen LogP) is 2.15. The molecule has 0 bridgehead atoms. The van der Waals surface area contributed by atoms with Crippen LogP contribution in [0.4, 0.5) is 0 Å². The summed E-state index contributed by atoms with van der Waals surface area (Å²) in [4.78, 5) is 23.2. The molecule has 118 valence electrons. The molecule has 1 fully saturated rings. The van der Waals surface area contributed by atoms with Crippen molar-refractivity contribution in [3.8, 4) is 0 Å². The molecule has 1 aliphatic heterocycles. The number of carbonyl (C=O) groups excluding carboxylic acids is 1. The Morgan fingerprint density at radius 3 is 2.52 bits per heavy atom. The number of nitrogens with one attached hydrogen (secondary N) is 1. The maximum atomic E-state index is 12.7. The van der Waals surface area contributed by atoms with Gasteiger partial charge in [0.25, 0.3) is 5.91 Å². The number of hydrogen-bond acceptors (Lipinski definition) is 4. The lowest BCUT2D eigenvalue weighted by Gasteiger charge is -2.32. The number of likely N-dealkylation sites (tertiary alicyclic amines) is 1. The van der Waals surface area contributed by atoms with Crippen LogP contribution in [0.15, 0.2) is 6.20 Å². The molecule has 1 N–H and O–H groups in total. The molecule has 2 rings (SSSR count). The number of hydrogen-bond donors (Lipinski definition) is 1. The van der Waals surface area contributed by atoms with Crippen LogP contribution < -0.4 is 5.32 Å². The molecule has 21 heavy (non-hydrogen) atoms. The van der Waals surface area contributed by atoms with E-state index in [4.69, 9.17) is 0 Å². The lowest BCUT2D eigenvalue weighted by atomic mass is 10.0. The number of carbonyl (C=O) groups is 1. The molecule has 0 unspecified atom stereocenters. The van der Waals surface area contributed by atoms with Crippen LogP contribution in [-0.4, -0.2) is 47.0 Å². The van der Waals surface area contributed by atoms with E-state index in [9.17, 15) is 4.79 Å². The number of halogens is 1. The van der Waals surface area contributed by atoms with Crippen molar-refractivity contribution in [2.24, 2.45) is 0 Å². The summed E-state index contributed by atoms with van der Waals surface area (Å²) in [6.07, 6.45) is 3.70. The Morgan fingerprint density at radius 2 is 2.00 bits per heavy atom. The first-order chi connectivity index (χ1) is 9.52. The first kappa shape index (κ1) is 17.9. The van der Waals surface area contributed by atoms with Crippen LogP contribution in [0.2, 0.25) is 0 Å². The zero-order chi connectivity index (χ0) is 14.7. The molecule has 1 saturated heterocycles. The fourth-order valence-electron chi connectivity index (χ4n) is 2.63. The molecule has 2 heterocycles. The largest absolute Gasteiger partial charge is 0.338 e. The van der Waals surface area contributed by atoms with Crippen LogP contribution in [-0.2, 0) is 0 Å². The van der Waals surface area contributed by atoms with Gasteiger partial charge in [-0.15, -0.1) is 12.4 Å². The average Bonchev–Trinajstić information content (AvgIpc) is 2.46. The van der Waals surface area contributed by atoms with Crippen LogP contribution in [0.5, 0.6) is 0 Å². The van der Waals surface area contributed by atoms with Gasteiger partial charge in [0.1, 0.15) is 5.82 Å². The fourth-order valence-corrected chi connectivity index (χ4v) is 2.63. The minimum absolute atomic E-state index is 0. The summed E-state index contributed by atoms with van der Waals surface area (Å²) in [6, 6.07) is 0.526. The van der Waals surface area contributed by atoms with Gasteiger partial charge in [-0.05, 0) is 32.7 Å². The zero-order valence-electron chi connectivity index (χ0n) is 13.2. The molecule has 0 aromatic carbocycles. The molecule has 0 saturated carbocycles. The smallest absolute Gasteiger partial charge is 0.257 e. The van der Waals surface area contributed by atoms with Crippen molar-refractivity contribution >= 4 is 18.3 Å². The van der Waals surface area contributed by atoms with Gasteiger partial charge in [0.2, 0.25) is 0 Å². The normalized spacial score (nSPS) is 16.0. The summed E-state index contributed by atoms with van der Waals surface area (Å²) in [5.74, 6) is 1.02. The van der Waals surface area contributed by atoms with Gasteiger partial charge < -0.3 is 10.2 Å². The van der Waals surface area contributed by atoms with E-state index < -0.39 is 0 Å². The molecule has 1 aromatic rings. The zero-order valence-corrected chi connectivity index (χ0v) is 14.0. The van der Waals surface area contributed by atoms with Gasteiger partial charge in [0.05, 0.1) is 11.3 Å². The minimum atomic E-state index is 0. The van der Waals surface area contributed by atoms with Crippen molar-refractivity contribution in [3.63, 3.8) is 0 Å². The summed E-state index contributed by atoms with van der Waals surface area (Å²) in [7, 11) is 1.98. The Bertz CT molecular complexity index is 485. The van der Waals surface area contributed by atoms with E-state index in [-0.39, 0.29) is 24.2 Å². The van der Waals surface area contributed by atoms with Crippen molar-refractivity contribution in [1.82, 2.24) is 20.2 Å². The summed E-state index contributed by atoms with van der Waals surface area (Å²) in [5.41, 5.74) is 1.52. The highest BCUT2D eigenvalue weighted by molar-refractivity contribution is 5.95. The number of aromatic nitrogens is 2. The molecular formula is C15H25ClN4O. The van der Waals surface area contributed by atoms with E-state index in [1.165, 1.54) is 0 Å². The molecule has 0 atom stereocenters. The SMILES string of the molecule is CNC1CCN(C(=O)c2cnc(C)nc2C(C)C)CC1.Cl. The average molecular weight is 313 g/mol. The highest BCUT2D eigenvalue weighted by Gasteiger charge is 2.25. The van der Waals surface area contributed by atoms with Crippen molar-refractivity contribution < 1.29 is 4.79 Å². The van der Waals surface area contributed by atoms with Gasteiger partial charge in [0, 0.05) is 25.3 Å². The Balaban J connectivity index is 0.00000220. The monoisotopic (exact) mass is 312 g/mol. The first-order valence-electron chi connectivity index (χ1n) is 7.33. The number of aryl methyl sites for hydroxylation is 1. The maximum absolute atomic E-state index is 12.7. The third-order valence-electron chi connectivity index (χ3n) is 3.91. The van der Waals surface area contributed by atoms with Crippen molar-refractivity contribution in [3.05, 3.63) is 23.3 Å². The van der Waals surface area contributed by atoms with Crippen LogP contribution in [0, 0.1) is 6.92 Å². The van der Waals surface area contributed by atoms with E-state index >= 15 is 0 Å². The van der Waals surface area contributed by atoms with Gasteiger partial charge in [0.15, 0.2) is 0 Å². The van der Waals surface area contributed by atoms with Gasteiger partial charge >= 0.3 is 0 Å². The third-order valence-corrected chi connectivity index (χ3v) is 3.91. The molecule has 1 amide bonds. The molecule has 5 nitrogen and oxygen atoms in total. The van der Waals surface area contributed by atoms with Gasteiger partial charge in [-0.2, -0.15) is 0 Å². The minimum Gasteiger partial charge on any atom is -0.338 e. The summed E-state index contributed by atoms with van der Waals surface area (Å²) < 4.78 is 0. The van der Waals surface area contributed by atoms with E-state index in [2.05, 4.69) is 29.1 Å². The number of amides is 1. The molecular weight excluding hydrogens is 288 g/mol. The van der Waals surface area contributed by atoms with E-state index in [0.717, 1.165) is 37.4 Å². The number of piperidine rings is 1. The second-order valence-corrected chi connectivity index (χ2v) is 5.73. The molecule has 1 aromatic heterocycles. The predicted molar refractivity (Wildman–Crippen MR) is 86.1 cm³/mol. The molecule has 6 heteroatoms. The van der Waals surface area contributed by atoms with Gasteiger partial charge in [-0.3, -0.25) is 4.79 Å². The van der Waals surface area contributed by atoms with Crippen LogP contribution in [0.3, 0.4) is 0 Å². The Hall–Kier alpha value is -1.20. The topological polar surface area (TPSA) is 58.1 Å². The standard InChI is InChI=1S/C15H24N4O.ClH/c1-10(2)14-13(9-17-11(3)18-14)15(20)19-7-5-12(16-4)6-8-19;/h9-10,12,16H,5-8H2,1-4H3;1H. The summed E-state index contributed by atoms with van der Waals surface area (Å²) in [6.45, 7) is 7.58. The quantitative estimate of drug-likeness (QED) is 0.929. The second kappa shape index (κ2) is 7.71. The molecule has 0 spiro atoms. The Kier molecular flexibility index (Phi) is 6.55. The molecule has 0 aliphatic carbocycles. The van der Waals surface area contributed by atoms with Crippen LogP contribution in [0.1, 0.15) is 54.5 Å². The van der Waals surface area contributed by atoms with E-state index in [0.29, 0.717) is 11.6 Å². The fraction of sp³-hybridized carbons (Fsp3) is 0.667. The van der Waals surface area contributed by atoms with E-state index in [1.54, 1.807) is 6.20 Å². The van der Waals surface area contributed by atoms with E-state index in [1.807, 2.05) is 18.9 Å². The lowest BCUT2D eigenvalue weighted by molar-refractivity contribution is 0.0704. The van der Waals surface area contributed by atoms with Gasteiger partial charge in [-0.1, -0.05) is 13.8 Å². The van der Waals surface area contributed by atoms with Gasteiger partial charge in [-0.25, -0.2) is 9.97 Å². The number of rotatable bonds is 3. The van der Waals surface area contributed by atoms with Crippen LogP contribution >= 0.6 is 12.4 Å². The Labute approximate surface area is 133 Å². The molecule has 1 aliphatic rings. The highest BCUT2D eigenvalue weighted by atomic mass is 35.5. The van der Waals surface area contributed by atoms with Crippen molar-refractivity contribution in [2.45, 2.75) is 45.6 Å². The van der Waals surface area contributed by atoms with Crippen molar-refractivity contribution in [1.29, 1.82) is 0 Å². The summed E-state index contributed by atoms with van der Waals surface area (Å²) >= 11 is 0. The summed E-state index contributed by atoms with van der Waals surface area (Å²) in [5, 5.41) is 3.28. The molecule has 0 radical (unpaired) electrons. The highest BCUT2D eigenvalue weighted by Crippen LogP contribution is 2.20. The van der Waals surface area contributed by atoms with Crippen LogP contribution in [0.25, 0.3) is 0 Å². The first-order valence-corrected chi connectivity index (χ1v) is 7.33. The number of nitrogens with zero attached hydrogens (tertiary/aromatic N) is 3. The third kappa shape index (κ3) is 4.14.